The van der Waals surface area contributed by atoms with Gasteiger partial charge in [0.2, 0.25) is 0 Å². The summed E-state index contributed by atoms with van der Waals surface area (Å²) in [6, 6.07) is 0. The van der Waals surface area contributed by atoms with E-state index >= 15 is 0 Å². The summed E-state index contributed by atoms with van der Waals surface area (Å²) in [5.41, 5.74) is 18.4. The number of aromatic amines is 2. The Morgan fingerprint density at radius 1 is 0.590 bits per heavy atom. The second kappa shape index (κ2) is 12.8. The fraction of sp³-hybridized carbons (Fsp3) is 0.486. The molecular weight excluding hydrogens is 476 g/mol. The van der Waals surface area contributed by atoms with Crippen LogP contribution in [-0.4, -0.2) is 22.4 Å². The summed E-state index contributed by atoms with van der Waals surface area (Å²) in [7, 11) is 0. The van der Waals surface area contributed by atoms with Crippen LogP contribution in [0.2, 0.25) is 0 Å². The van der Waals surface area contributed by atoms with Crippen molar-refractivity contribution in [1.82, 2.24) is 9.97 Å². The third kappa shape index (κ3) is 6.37. The number of aromatic nitrogens is 2. The first-order chi connectivity index (χ1) is 18.7. The summed E-state index contributed by atoms with van der Waals surface area (Å²) in [5.74, 6) is 0. The monoisotopic (exact) mass is 524 g/mol. The number of H-pyrrole nitrogens is 2. The molecule has 0 saturated carbocycles. The third-order valence-electron chi connectivity index (χ3n) is 8.75. The lowest BCUT2D eigenvalue weighted by atomic mass is 9.99. The summed E-state index contributed by atoms with van der Waals surface area (Å²) in [6.07, 6.45) is 19.2. The maximum Gasteiger partial charge on any atom is 0.0685 e. The molecule has 0 amide bonds. The second-order valence-electron chi connectivity index (χ2n) is 11.4. The van der Waals surface area contributed by atoms with E-state index < -0.39 is 0 Å². The zero-order valence-corrected chi connectivity index (χ0v) is 25.6. The smallest absolute Gasteiger partial charge is 0.0685 e. The van der Waals surface area contributed by atoms with Crippen LogP contribution in [0.5, 0.6) is 0 Å². The number of nitrogens with zero attached hydrogens (tertiary/aromatic N) is 2. The van der Waals surface area contributed by atoms with Crippen molar-refractivity contribution < 1.29 is 0 Å². The van der Waals surface area contributed by atoms with Crippen molar-refractivity contribution in [1.29, 1.82) is 0 Å². The molecule has 2 aliphatic heterocycles. The molecule has 39 heavy (non-hydrogen) atoms. The highest BCUT2D eigenvalue weighted by atomic mass is 14.8. The van der Waals surface area contributed by atoms with Crippen LogP contribution in [-0.2, 0) is 12.8 Å². The lowest BCUT2D eigenvalue weighted by Gasteiger charge is -2.06. The van der Waals surface area contributed by atoms with Gasteiger partial charge in [-0.05, 0) is 137 Å². The molecule has 0 fully saturated rings. The van der Waals surface area contributed by atoms with E-state index in [9.17, 15) is 0 Å². The van der Waals surface area contributed by atoms with Crippen LogP contribution in [0.1, 0.15) is 118 Å². The number of unbranched alkanes of at least 4 members (excludes halogenated alkanes) is 4. The average molecular weight is 525 g/mol. The molecule has 4 heteroatoms. The van der Waals surface area contributed by atoms with Crippen molar-refractivity contribution in [2.24, 2.45) is 9.98 Å². The minimum atomic E-state index is 1.03. The van der Waals surface area contributed by atoms with Crippen LogP contribution >= 0.6 is 0 Å². The summed E-state index contributed by atoms with van der Waals surface area (Å²) in [5, 5.41) is 0. The molecule has 0 aliphatic carbocycles. The van der Waals surface area contributed by atoms with E-state index in [1.165, 1.54) is 99.4 Å². The van der Waals surface area contributed by atoms with Crippen LogP contribution < -0.4 is 0 Å². The van der Waals surface area contributed by atoms with Crippen molar-refractivity contribution in [3.63, 3.8) is 0 Å². The highest BCUT2D eigenvalue weighted by Gasteiger charge is 2.16. The maximum absolute atomic E-state index is 4.64. The quantitative estimate of drug-likeness (QED) is 0.260. The molecule has 2 aromatic rings. The number of allylic oxidation sites excluding steroid dienone is 4. The molecule has 0 saturated heterocycles. The molecule has 4 nitrogen and oxygen atoms in total. The average Bonchev–Trinajstić information content (AvgIpc) is 3.60. The minimum absolute atomic E-state index is 1.03. The Kier molecular flexibility index (Phi) is 9.48. The van der Waals surface area contributed by atoms with Gasteiger partial charge in [0, 0.05) is 35.2 Å². The highest BCUT2D eigenvalue weighted by molar-refractivity contribution is 5.88. The SMILES string of the molecule is CCC1=C(C)C=N/C1=C\c1[nH]c(C)c(CCCCCCCc2c(C)[nH]c(/C=C3\N=CC(C)=C3CC)c2C)c1C. The van der Waals surface area contributed by atoms with Gasteiger partial charge in [-0.3, -0.25) is 9.98 Å². The fourth-order valence-electron chi connectivity index (χ4n) is 6.29. The van der Waals surface area contributed by atoms with Gasteiger partial charge in [-0.25, -0.2) is 0 Å². The molecule has 0 atom stereocenters. The first kappa shape index (κ1) is 28.9. The van der Waals surface area contributed by atoms with E-state index in [-0.39, 0.29) is 0 Å². The molecule has 2 N–H and O–H groups in total. The van der Waals surface area contributed by atoms with E-state index in [2.05, 4.69) is 87.5 Å². The van der Waals surface area contributed by atoms with E-state index in [4.69, 9.17) is 0 Å². The van der Waals surface area contributed by atoms with Crippen LogP contribution in [0.25, 0.3) is 12.2 Å². The van der Waals surface area contributed by atoms with Crippen molar-refractivity contribution in [3.8, 4) is 0 Å². The summed E-state index contributed by atoms with van der Waals surface area (Å²) in [6.45, 7) is 17.7. The largest absolute Gasteiger partial charge is 0.359 e. The topological polar surface area (TPSA) is 56.3 Å². The van der Waals surface area contributed by atoms with Gasteiger partial charge in [-0.1, -0.05) is 33.1 Å². The zero-order chi connectivity index (χ0) is 28.1. The highest BCUT2D eigenvalue weighted by Crippen LogP contribution is 2.30. The van der Waals surface area contributed by atoms with E-state index in [0.717, 1.165) is 37.1 Å². The molecule has 0 radical (unpaired) electrons. The predicted octanol–water partition coefficient (Wildman–Crippen LogP) is 9.62. The van der Waals surface area contributed by atoms with Crippen LogP contribution in [0.3, 0.4) is 0 Å². The van der Waals surface area contributed by atoms with E-state index in [0.29, 0.717) is 0 Å². The molecule has 0 unspecified atom stereocenters. The Labute approximate surface area is 236 Å². The van der Waals surface area contributed by atoms with Crippen molar-refractivity contribution >= 4 is 24.6 Å². The summed E-state index contributed by atoms with van der Waals surface area (Å²) < 4.78 is 0. The van der Waals surface area contributed by atoms with Crippen LogP contribution in [0.4, 0.5) is 0 Å². The molecule has 208 valence electrons. The Morgan fingerprint density at radius 3 is 1.36 bits per heavy atom. The molecular formula is C35H48N4. The Balaban J connectivity index is 1.25. The number of nitrogens with one attached hydrogen (secondary N) is 2. The first-order valence-corrected chi connectivity index (χ1v) is 15.0. The number of aliphatic imine (C=N–C) groups is 2. The van der Waals surface area contributed by atoms with Gasteiger partial charge in [0.05, 0.1) is 11.4 Å². The second-order valence-corrected chi connectivity index (χ2v) is 11.4. The molecule has 0 spiro atoms. The molecule has 2 aliphatic rings. The van der Waals surface area contributed by atoms with Gasteiger partial charge in [0.25, 0.3) is 0 Å². The van der Waals surface area contributed by atoms with Gasteiger partial charge in [0.1, 0.15) is 0 Å². The lowest BCUT2D eigenvalue weighted by molar-refractivity contribution is 0.611. The minimum Gasteiger partial charge on any atom is -0.359 e. The van der Waals surface area contributed by atoms with Crippen LogP contribution in [0, 0.1) is 27.7 Å². The lowest BCUT2D eigenvalue weighted by Crippen LogP contribution is -1.92. The normalized spacial score (nSPS) is 17.3. The van der Waals surface area contributed by atoms with Gasteiger partial charge < -0.3 is 9.97 Å². The molecule has 0 bridgehead atoms. The predicted molar refractivity (Wildman–Crippen MR) is 170 cm³/mol. The standard InChI is InChI=1S/C35H48N4/c1-9-28-22(3)20-36-34(28)18-32-24(5)30(26(7)38-32)16-14-12-11-13-15-17-31-25(6)33(39-27(31)8)19-35-29(10-2)23(4)21-37-35/h18-21,38-39H,9-17H2,1-8H3/b34-18-,35-19-. The number of hydrogen-bond donors (Lipinski definition) is 2. The number of rotatable bonds is 12. The number of hydrogen-bond acceptors (Lipinski definition) is 2. The molecule has 2 aromatic heterocycles. The first-order valence-electron chi connectivity index (χ1n) is 15.0. The summed E-state index contributed by atoms with van der Waals surface area (Å²) in [4.78, 5) is 16.6. The van der Waals surface area contributed by atoms with E-state index in [1.807, 2.05) is 12.4 Å². The van der Waals surface area contributed by atoms with Crippen LogP contribution in [0.15, 0.2) is 43.7 Å². The summed E-state index contributed by atoms with van der Waals surface area (Å²) >= 11 is 0. The van der Waals surface area contributed by atoms with Gasteiger partial charge in [-0.15, -0.1) is 0 Å². The fourth-order valence-corrected chi connectivity index (χ4v) is 6.29. The Hall–Kier alpha value is -3.14. The molecule has 4 heterocycles. The van der Waals surface area contributed by atoms with E-state index in [1.54, 1.807) is 0 Å². The molecule has 4 rings (SSSR count). The number of aryl methyl sites for hydroxylation is 2. The van der Waals surface area contributed by atoms with Gasteiger partial charge in [-0.2, -0.15) is 0 Å². The zero-order valence-electron chi connectivity index (χ0n) is 25.6. The van der Waals surface area contributed by atoms with Gasteiger partial charge >= 0.3 is 0 Å². The van der Waals surface area contributed by atoms with Crippen molar-refractivity contribution in [2.45, 2.75) is 113 Å². The Bertz CT molecular complexity index is 1290. The van der Waals surface area contributed by atoms with Crippen molar-refractivity contribution in [3.05, 3.63) is 78.7 Å². The van der Waals surface area contributed by atoms with Crippen molar-refractivity contribution in [2.75, 3.05) is 0 Å². The Morgan fingerprint density at radius 2 is 0.974 bits per heavy atom. The maximum atomic E-state index is 4.64. The molecule has 0 aromatic carbocycles. The van der Waals surface area contributed by atoms with Gasteiger partial charge in [0.15, 0.2) is 0 Å². The third-order valence-corrected chi connectivity index (χ3v) is 8.75.